The van der Waals surface area contributed by atoms with Gasteiger partial charge < -0.3 is 5.73 Å². The smallest absolute Gasteiger partial charge is 0.383 e. The molecule has 0 saturated carbocycles. The van der Waals surface area contributed by atoms with Gasteiger partial charge in [-0.15, -0.1) is 0 Å². The molecule has 2 rings (SSSR count). The SMILES string of the molecule is N#Cc1ccc(-c2ccc(C(F)(F)F)cc2)nc1N. The van der Waals surface area contributed by atoms with Gasteiger partial charge in [-0.1, -0.05) is 12.1 Å². The van der Waals surface area contributed by atoms with Gasteiger partial charge in [0.05, 0.1) is 16.8 Å². The number of nitrogens with zero attached hydrogens (tertiary/aromatic N) is 2. The van der Waals surface area contributed by atoms with Crippen LogP contribution in [0.4, 0.5) is 19.0 Å². The summed E-state index contributed by atoms with van der Waals surface area (Å²) in [5.41, 5.74) is 5.99. The number of hydrogen-bond donors (Lipinski definition) is 1. The Morgan fingerprint density at radius 2 is 1.68 bits per heavy atom. The molecular formula is C13H8F3N3. The normalized spacial score (nSPS) is 11.1. The van der Waals surface area contributed by atoms with Crippen molar-refractivity contribution in [3.05, 3.63) is 47.5 Å². The van der Waals surface area contributed by atoms with Gasteiger partial charge in [-0.2, -0.15) is 18.4 Å². The van der Waals surface area contributed by atoms with E-state index < -0.39 is 11.7 Å². The van der Waals surface area contributed by atoms with Crippen LogP contribution >= 0.6 is 0 Å². The molecule has 0 radical (unpaired) electrons. The van der Waals surface area contributed by atoms with Crippen LogP contribution in [-0.4, -0.2) is 4.98 Å². The largest absolute Gasteiger partial charge is 0.416 e. The van der Waals surface area contributed by atoms with Gasteiger partial charge in [-0.3, -0.25) is 0 Å². The third-order valence-electron chi connectivity index (χ3n) is 2.55. The highest BCUT2D eigenvalue weighted by atomic mass is 19.4. The molecule has 1 heterocycles. The molecule has 0 aliphatic carbocycles. The summed E-state index contributed by atoms with van der Waals surface area (Å²) in [6.07, 6.45) is -4.37. The van der Waals surface area contributed by atoms with Crippen LogP contribution < -0.4 is 5.73 Å². The minimum atomic E-state index is -4.37. The van der Waals surface area contributed by atoms with Gasteiger partial charge in [-0.05, 0) is 24.3 Å². The number of rotatable bonds is 1. The van der Waals surface area contributed by atoms with E-state index in [9.17, 15) is 13.2 Å². The number of anilines is 1. The maximum Gasteiger partial charge on any atom is 0.416 e. The fourth-order valence-electron chi connectivity index (χ4n) is 1.56. The molecular weight excluding hydrogens is 255 g/mol. The zero-order valence-corrected chi connectivity index (χ0v) is 9.57. The lowest BCUT2D eigenvalue weighted by molar-refractivity contribution is -0.137. The minimum Gasteiger partial charge on any atom is -0.383 e. The fourth-order valence-corrected chi connectivity index (χ4v) is 1.56. The van der Waals surface area contributed by atoms with Crippen molar-refractivity contribution in [1.29, 1.82) is 5.26 Å². The van der Waals surface area contributed by atoms with Crippen LogP contribution in [0.5, 0.6) is 0 Å². The van der Waals surface area contributed by atoms with Crippen molar-refractivity contribution >= 4 is 5.82 Å². The van der Waals surface area contributed by atoms with Gasteiger partial charge in [0.25, 0.3) is 0 Å². The lowest BCUT2D eigenvalue weighted by atomic mass is 10.1. The van der Waals surface area contributed by atoms with Crippen LogP contribution in [0.2, 0.25) is 0 Å². The van der Waals surface area contributed by atoms with E-state index in [-0.39, 0.29) is 11.4 Å². The number of aromatic nitrogens is 1. The Bertz CT molecular complexity index is 640. The molecule has 6 heteroatoms. The first-order valence-corrected chi connectivity index (χ1v) is 5.26. The molecule has 0 unspecified atom stereocenters. The van der Waals surface area contributed by atoms with Gasteiger partial charge in [0, 0.05) is 5.56 Å². The van der Waals surface area contributed by atoms with E-state index in [2.05, 4.69) is 4.98 Å². The molecule has 0 bridgehead atoms. The molecule has 0 amide bonds. The van der Waals surface area contributed by atoms with Crippen molar-refractivity contribution in [2.45, 2.75) is 6.18 Å². The Balaban J connectivity index is 2.38. The number of halogens is 3. The zero-order valence-electron chi connectivity index (χ0n) is 9.57. The monoisotopic (exact) mass is 263 g/mol. The first-order chi connectivity index (χ1) is 8.91. The third kappa shape index (κ3) is 2.65. The van der Waals surface area contributed by atoms with E-state index in [1.807, 2.05) is 6.07 Å². The van der Waals surface area contributed by atoms with E-state index >= 15 is 0 Å². The minimum absolute atomic E-state index is 0.0555. The van der Waals surface area contributed by atoms with Gasteiger partial charge in [-0.25, -0.2) is 4.98 Å². The van der Waals surface area contributed by atoms with Crippen LogP contribution in [0.25, 0.3) is 11.3 Å². The quantitative estimate of drug-likeness (QED) is 0.859. The summed E-state index contributed by atoms with van der Waals surface area (Å²) in [6.45, 7) is 0. The van der Waals surface area contributed by atoms with Crippen LogP contribution in [0.3, 0.4) is 0 Å². The number of benzene rings is 1. The number of pyridine rings is 1. The summed E-state index contributed by atoms with van der Waals surface area (Å²) < 4.78 is 37.2. The summed E-state index contributed by atoms with van der Waals surface area (Å²) in [6, 6.07) is 9.47. The molecule has 0 fully saturated rings. The molecule has 0 atom stereocenters. The molecule has 2 aromatic rings. The van der Waals surface area contributed by atoms with E-state index in [1.54, 1.807) is 0 Å². The van der Waals surface area contributed by atoms with Crippen molar-refractivity contribution in [3.63, 3.8) is 0 Å². The average molecular weight is 263 g/mol. The molecule has 1 aromatic carbocycles. The maximum absolute atomic E-state index is 12.4. The van der Waals surface area contributed by atoms with E-state index in [0.717, 1.165) is 12.1 Å². The van der Waals surface area contributed by atoms with Gasteiger partial charge in [0.2, 0.25) is 0 Å². The standard InChI is InChI=1S/C13H8F3N3/c14-13(15,16)10-4-1-8(2-5-10)11-6-3-9(7-17)12(18)19-11/h1-6H,(H2,18,19). The van der Waals surface area contributed by atoms with Crippen LogP contribution in [0.1, 0.15) is 11.1 Å². The van der Waals surface area contributed by atoms with Gasteiger partial charge >= 0.3 is 6.18 Å². The zero-order chi connectivity index (χ0) is 14.0. The van der Waals surface area contributed by atoms with E-state index in [0.29, 0.717) is 11.3 Å². The Hall–Kier alpha value is -2.55. The summed E-state index contributed by atoms with van der Waals surface area (Å²) in [5.74, 6) is 0.0555. The van der Waals surface area contributed by atoms with Crippen molar-refractivity contribution in [3.8, 4) is 17.3 Å². The molecule has 0 aliphatic heterocycles. The van der Waals surface area contributed by atoms with Crippen molar-refractivity contribution < 1.29 is 13.2 Å². The molecule has 0 saturated heterocycles. The molecule has 0 aliphatic rings. The highest BCUT2D eigenvalue weighted by molar-refractivity contribution is 5.64. The highest BCUT2D eigenvalue weighted by Crippen LogP contribution is 2.30. The number of alkyl halides is 3. The average Bonchev–Trinajstić information content (AvgIpc) is 2.38. The van der Waals surface area contributed by atoms with E-state index in [4.69, 9.17) is 11.0 Å². The summed E-state index contributed by atoms with van der Waals surface area (Å²) in [7, 11) is 0. The molecule has 3 nitrogen and oxygen atoms in total. The third-order valence-corrected chi connectivity index (χ3v) is 2.55. The number of hydrogen-bond acceptors (Lipinski definition) is 3. The van der Waals surface area contributed by atoms with Crippen LogP contribution in [0, 0.1) is 11.3 Å². The molecule has 0 spiro atoms. The molecule has 1 aromatic heterocycles. The highest BCUT2D eigenvalue weighted by Gasteiger charge is 2.29. The Morgan fingerprint density at radius 1 is 1.05 bits per heavy atom. The van der Waals surface area contributed by atoms with E-state index in [1.165, 1.54) is 24.3 Å². The fraction of sp³-hybridized carbons (Fsp3) is 0.0769. The second kappa shape index (κ2) is 4.61. The summed E-state index contributed by atoms with van der Waals surface area (Å²) in [4.78, 5) is 3.98. The predicted octanol–water partition coefficient (Wildman–Crippen LogP) is 3.22. The Morgan fingerprint density at radius 3 is 2.16 bits per heavy atom. The number of nitrogen functional groups attached to an aromatic ring is 1. The van der Waals surface area contributed by atoms with Crippen LogP contribution in [0.15, 0.2) is 36.4 Å². The summed E-state index contributed by atoms with van der Waals surface area (Å²) >= 11 is 0. The molecule has 2 N–H and O–H groups in total. The Labute approximate surface area is 107 Å². The topological polar surface area (TPSA) is 62.7 Å². The number of nitrogens with two attached hydrogens (primary N) is 1. The molecule has 19 heavy (non-hydrogen) atoms. The first kappa shape index (κ1) is 12.9. The second-order valence-corrected chi connectivity index (χ2v) is 3.82. The van der Waals surface area contributed by atoms with Crippen molar-refractivity contribution in [1.82, 2.24) is 4.98 Å². The lowest BCUT2D eigenvalue weighted by Crippen LogP contribution is -2.04. The van der Waals surface area contributed by atoms with Gasteiger partial charge in [0.15, 0.2) is 0 Å². The van der Waals surface area contributed by atoms with Crippen molar-refractivity contribution in [2.24, 2.45) is 0 Å². The second-order valence-electron chi connectivity index (χ2n) is 3.82. The first-order valence-electron chi connectivity index (χ1n) is 5.26. The maximum atomic E-state index is 12.4. The Kier molecular flexibility index (Phi) is 3.13. The van der Waals surface area contributed by atoms with Gasteiger partial charge in [0.1, 0.15) is 11.9 Å². The summed E-state index contributed by atoms with van der Waals surface area (Å²) in [5, 5.41) is 8.71. The lowest BCUT2D eigenvalue weighted by Gasteiger charge is -2.08. The number of nitriles is 1. The van der Waals surface area contributed by atoms with Crippen LogP contribution in [-0.2, 0) is 6.18 Å². The molecule has 96 valence electrons. The van der Waals surface area contributed by atoms with Crippen molar-refractivity contribution in [2.75, 3.05) is 5.73 Å². The predicted molar refractivity (Wildman–Crippen MR) is 63.8 cm³/mol.